The normalized spacial score (nSPS) is 14.3. The quantitative estimate of drug-likeness (QED) is 0.661. The summed E-state index contributed by atoms with van der Waals surface area (Å²) in [6, 6.07) is 5.83. The zero-order valence-electron chi connectivity index (χ0n) is 16.3. The van der Waals surface area contributed by atoms with Crippen LogP contribution >= 0.6 is 11.3 Å². The lowest BCUT2D eigenvalue weighted by molar-refractivity contribution is 0.0695. The van der Waals surface area contributed by atoms with Gasteiger partial charge in [0.1, 0.15) is 10.8 Å². The third kappa shape index (κ3) is 3.80. The number of pyridine rings is 2. The van der Waals surface area contributed by atoms with Gasteiger partial charge in [-0.05, 0) is 38.0 Å². The molecule has 1 aliphatic carbocycles. The Hall–Kier alpha value is -3.00. The summed E-state index contributed by atoms with van der Waals surface area (Å²) in [5.74, 6) is -0.170. The lowest BCUT2D eigenvalue weighted by atomic mass is 10.1. The standard InChI is InChI=1S/C21H22N4O3S/c1-12-15(21(27)28)10-16(19(26)23-12)17-11-29-20(24-17)13-7-8-22-18(9-13)25(2)14-5-3-4-6-14/h7-11,14H,3-6H2,1-2H3,(H,23,26)(H,27,28). The number of H-pyrrole nitrogens is 1. The lowest BCUT2D eigenvalue weighted by Gasteiger charge is -2.25. The van der Waals surface area contributed by atoms with Gasteiger partial charge in [-0.3, -0.25) is 4.79 Å². The van der Waals surface area contributed by atoms with E-state index >= 15 is 0 Å². The van der Waals surface area contributed by atoms with E-state index in [1.807, 2.05) is 12.1 Å². The number of aromatic carboxylic acids is 1. The van der Waals surface area contributed by atoms with Crippen molar-refractivity contribution in [3.05, 3.63) is 51.4 Å². The van der Waals surface area contributed by atoms with Crippen molar-refractivity contribution in [3.63, 3.8) is 0 Å². The molecule has 0 atom stereocenters. The smallest absolute Gasteiger partial charge is 0.337 e. The molecule has 0 spiro atoms. The minimum atomic E-state index is -1.08. The molecule has 3 aromatic rings. The minimum Gasteiger partial charge on any atom is -0.478 e. The van der Waals surface area contributed by atoms with Crippen LogP contribution in [0.3, 0.4) is 0 Å². The Labute approximate surface area is 172 Å². The van der Waals surface area contributed by atoms with Gasteiger partial charge in [0.15, 0.2) is 0 Å². The van der Waals surface area contributed by atoms with Gasteiger partial charge in [-0.25, -0.2) is 14.8 Å². The number of anilines is 1. The van der Waals surface area contributed by atoms with Gasteiger partial charge in [-0.2, -0.15) is 0 Å². The molecule has 4 rings (SSSR count). The first kappa shape index (κ1) is 19.3. The number of aromatic amines is 1. The fraction of sp³-hybridized carbons (Fsp3) is 0.333. The van der Waals surface area contributed by atoms with Crippen LogP contribution in [0.4, 0.5) is 5.82 Å². The molecule has 3 heterocycles. The Morgan fingerprint density at radius 1 is 1.31 bits per heavy atom. The molecule has 3 aromatic heterocycles. The van der Waals surface area contributed by atoms with Crippen LogP contribution in [0.15, 0.2) is 34.6 Å². The molecule has 0 aromatic carbocycles. The van der Waals surface area contributed by atoms with Crippen LogP contribution < -0.4 is 10.5 Å². The van der Waals surface area contributed by atoms with Crippen molar-refractivity contribution in [1.29, 1.82) is 0 Å². The van der Waals surface area contributed by atoms with Gasteiger partial charge in [0.25, 0.3) is 5.56 Å². The summed E-state index contributed by atoms with van der Waals surface area (Å²) < 4.78 is 0. The summed E-state index contributed by atoms with van der Waals surface area (Å²) in [6.45, 7) is 1.57. The molecular weight excluding hydrogens is 388 g/mol. The molecule has 1 aliphatic rings. The molecule has 0 unspecified atom stereocenters. The predicted octanol–water partition coefficient (Wildman–Crippen LogP) is 3.95. The van der Waals surface area contributed by atoms with E-state index in [1.54, 1.807) is 18.5 Å². The number of nitrogens with zero attached hydrogens (tertiary/aromatic N) is 3. The Morgan fingerprint density at radius 2 is 2.07 bits per heavy atom. The number of carboxylic acid groups (broad SMARTS) is 1. The van der Waals surface area contributed by atoms with Crippen molar-refractivity contribution in [2.45, 2.75) is 38.6 Å². The summed E-state index contributed by atoms with van der Waals surface area (Å²) in [4.78, 5) is 37.7. The third-order valence-electron chi connectivity index (χ3n) is 5.48. The van der Waals surface area contributed by atoms with Gasteiger partial charge in [-0.15, -0.1) is 11.3 Å². The van der Waals surface area contributed by atoms with Crippen LogP contribution in [0.1, 0.15) is 41.7 Å². The summed E-state index contributed by atoms with van der Waals surface area (Å²) in [6.07, 6.45) is 6.66. The van der Waals surface area contributed by atoms with Crippen LogP contribution in [0.25, 0.3) is 21.8 Å². The van der Waals surface area contributed by atoms with E-state index in [9.17, 15) is 14.7 Å². The van der Waals surface area contributed by atoms with Crippen LogP contribution in [-0.2, 0) is 0 Å². The second-order valence-electron chi connectivity index (χ2n) is 7.35. The maximum absolute atomic E-state index is 12.4. The highest BCUT2D eigenvalue weighted by Crippen LogP contribution is 2.31. The average Bonchev–Trinajstić information content (AvgIpc) is 3.39. The molecule has 2 N–H and O–H groups in total. The Kier molecular flexibility index (Phi) is 5.19. The highest BCUT2D eigenvalue weighted by Gasteiger charge is 2.21. The van der Waals surface area contributed by atoms with Crippen molar-refractivity contribution >= 4 is 23.1 Å². The first-order valence-electron chi connectivity index (χ1n) is 9.56. The van der Waals surface area contributed by atoms with Gasteiger partial charge in [0.2, 0.25) is 0 Å². The third-order valence-corrected chi connectivity index (χ3v) is 6.37. The van der Waals surface area contributed by atoms with Crippen LogP contribution in [0.5, 0.6) is 0 Å². The summed E-state index contributed by atoms with van der Waals surface area (Å²) >= 11 is 1.42. The highest BCUT2D eigenvalue weighted by molar-refractivity contribution is 7.13. The van der Waals surface area contributed by atoms with Gasteiger partial charge in [0, 0.05) is 35.9 Å². The highest BCUT2D eigenvalue weighted by atomic mass is 32.1. The number of thiazole rings is 1. The number of hydrogen-bond acceptors (Lipinski definition) is 6. The summed E-state index contributed by atoms with van der Waals surface area (Å²) in [7, 11) is 2.08. The van der Waals surface area contributed by atoms with E-state index in [1.165, 1.54) is 43.1 Å². The number of rotatable bonds is 5. The van der Waals surface area contributed by atoms with Gasteiger partial charge < -0.3 is 15.0 Å². The van der Waals surface area contributed by atoms with Gasteiger partial charge in [0.05, 0.1) is 16.8 Å². The van der Waals surface area contributed by atoms with Crippen molar-refractivity contribution in [2.75, 3.05) is 11.9 Å². The maximum atomic E-state index is 12.4. The SMILES string of the molecule is Cc1[nH]c(=O)c(-c2csc(-c3ccnc(N(C)C4CCCC4)c3)n2)cc1C(=O)O. The maximum Gasteiger partial charge on any atom is 0.337 e. The molecule has 150 valence electrons. The molecule has 0 amide bonds. The van der Waals surface area contributed by atoms with Crippen LogP contribution in [-0.4, -0.2) is 39.1 Å². The predicted molar refractivity (Wildman–Crippen MR) is 114 cm³/mol. The number of carboxylic acids is 1. The van der Waals surface area contributed by atoms with E-state index < -0.39 is 5.97 Å². The van der Waals surface area contributed by atoms with Crippen molar-refractivity contribution in [2.24, 2.45) is 0 Å². The van der Waals surface area contributed by atoms with Crippen LogP contribution in [0.2, 0.25) is 0 Å². The molecule has 0 aliphatic heterocycles. The summed E-state index contributed by atoms with van der Waals surface area (Å²) in [5.41, 5.74) is 1.71. The Morgan fingerprint density at radius 3 is 2.79 bits per heavy atom. The largest absolute Gasteiger partial charge is 0.478 e. The molecule has 1 saturated carbocycles. The number of aromatic nitrogens is 3. The molecular formula is C21H22N4O3S. The molecule has 29 heavy (non-hydrogen) atoms. The van der Waals surface area contributed by atoms with Crippen LogP contribution in [0, 0.1) is 6.92 Å². The zero-order chi connectivity index (χ0) is 20.5. The van der Waals surface area contributed by atoms with E-state index in [-0.39, 0.29) is 16.7 Å². The number of aryl methyl sites for hydroxylation is 1. The summed E-state index contributed by atoms with van der Waals surface area (Å²) in [5, 5.41) is 11.9. The molecule has 0 bridgehead atoms. The molecule has 0 saturated heterocycles. The first-order valence-corrected chi connectivity index (χ1v) is 10.4. The first-order chi connectivity index (χ1) is 13.9. The zero-order valence-corrected chi connectivity index (χ0v) is 17.1. The molecule has 1 fully saturated rings. The van der Waals surface area contributed by atoms with E-state index in [4.69, 9.17) is 0 Å². The van der Waals surface area contributed by atoms with Gasteiger partial charge in [-0.1, -0.05) is 12.8 Å². The van der Waals surface area contributed by atoms with Crippen molar-refractivity contribution in [1.82, 2.24) is 15.0 Å². The molecule has 0 radical (unpaired) electrons. The monoisotopic (exact) mass is 410 g/mol. The molecule has 8 heteroatoms. The number of carbonyl (C=O) groups is 1. The minimum absolute atomic E-state index is 0.0681. The van der Waals surface area contributed by atoms with Gasteiger partial charge >= 0.3 is 5.97 Å². The molecule has 7 nitrogen and oxygen atoms in total. The second kappa shape index (κ2) is 7.79. The van der Waals surface area contributed by atoms with E-state index in [0.29, 0.717) is 17.4 Å². The van der Waals surface area contributed by atoms with E-state index in [2.05, 4.69) is 26.9 Å². The Bertz CT molecular complexity index is 1120. The van der Waals surface area contributed by atoms with E-state index in [0.717, 1.165) is 16.4 Å². The fourth-order valence-corrected chi connectivity index (χ4v) is 4.61. The second-order valence-corrected chi connectivity index (χ2v) is 8.20. The Balaban J connectivity index is 1.67. The fourth-order valence-electron chi connectivity index (χ4n) is 3.79. The number of nitrogens with one attached hydrogen (secondary N) is 1. The average molecular weight is 410 g/mol. The van der Waals surface area contributed by atoms with Crippen molar-refractivity contribution < 1.29 is 9.90 Å². The number of hydrogen-bond donors (Lipinski definition) is 2. The van der Waals surface area contributed by atoms with Crippen molar-refractivity contribution in [3.8, 4) is 21.8 Å². The topological polar surface area (TPSA) is 99.2 Å². The lowest BCUT2D eigenvalue weighted by Crippen LogP contribution is -2.29.